The molecule has 1 aliphatic carbocycles. The Labute approximate surface area is 228 Å². The molecule has 9 heteroatoms. The van der Waals surface area contributed by atoms with Crippen LogP contribution in [0, 0.1) is 5.82 Å². The average molecular weight is 554 g/mol. The summed E-state index contributed by atoms with van der Waals surface area (Å²) < 4.78 is 53.7. The van der Waals surface area contributed by atoms with E-state index in [1.807, 2.05) is 0 Å². The van der Waals surface area contributed by atoms with E-state index in [1.165, 1.54) is 11.0 Å². The first kappa shape index (κ1) is 27.6. The molecule has 1 fully saturated rings. The van der Waals surface area contributed by atoms with Crippen molar-refractivity contribution in [2.75, 3.05) is 0 Å². The van der Waals surface area contributed by atoms with Crippen molar-refractivity contribution >= 4 is 17.7 Å². The molecule has 0 saturated heterocycles. The van der Waals surface area contributed by atoms with Gasteiger partial charge in [0.15, 0.2) is 5.78 Å². The van der Waals surface area contributed by atoms with Gasteiger partial charge in [0, 0.05) is 24.1 Å². The van der Waals surface area contributed by atoms with Gasteiger partial charge in [-0.2, -0.15) is 13.2 Å². The summed E-state index contributed by atoms with van der Waals surface area (Å²) >= 11 is 0. The normalized spacial score (nSPS) is 18.2. The molecule has 1 unspecified atom stereocenters. The number of alkyl halides is 3. The van der Waals surface area contributed by atoms with Gasteiger partial charge in [-0.05, 0) is 59.4 Å². The van der Waals surface area contributed by atoms with Crippen molar-refractivity contribution < 1.29 is 37.1 Å². The molecular formula is C31H27F4NO4. The van der Waals surface area contributed by atoms with Crippen LogP contribution in [-0.4, -0.2) is 33.2 Å². The highest BCUT2D eigenvalue weighted by Crippen LogP contribution is 2.51. The molecule has 40 heavy (non-hydrogen) atoms. The standard InChI is InChI=1S/C31H27F4NO4/c1-2-26(37)21-8-4-3-7-20(21)19-10-11-22-23(16-19)27(29(39)40)30(13-5-6-14-30)36(28(22)38)17-18-9-12-24(25(32)15-18)31(33,34)35/h3-4,7-12,15-16,27H,2,5-6,13-14,17H2,1H3,(H,39,40). The Morgan fingerprint density at radius 2 is 1.70 bits per heavy atom. The van der Waals surface area contributed by atoms with Crippen LogP contribution in [0.1, 0.15) is 82.4 Å². The van der Waals surface area contributed by atoms with Crippen LogP contribution in [0.15, 0.2) is 60.7 Å². The molecule has 1 saturated carbocycles. The molecule has 208 valence electrons. The first-order valence-corrected chi connectivity index (χ1v) is 13.1. The lowest BCUT2D eigenvalue weighted by Gasteiger charge is -2.49. The number of fused-ring (bicyclic) bond motifs is 1. The van der Waals surface area contributed by atoms with Gasteiger partial charge >= 0.3 is 12.1 Å². The maximum atomic E-state index is 14.4. The number of nitrogens with zero attached hydrogens (tertiary/aromatic N) is 1. The summed E-state index contributed by atoms with van der Waals surface area (Å²) in [6.45, 7) is 1.53. The molecular weight excluding hydrogens is 526 g/mol. The molecule has 5 rings (SSSR count). The van der Waals surface area contributed by atoms with Gasteiger partial charge in [-0.25, -0.2) is 4.39 Å². The summed E-state index contributed by atoms with van der Waals surface area (Å²) in [5.41, 5.74) is -0.141. The average Bonchev–Trinajstić information content (AvgIpc) is 3.39. The summed E-state index contributed by atoms with van der Waals surface area (Å²) in [5.74, 6) is -4.22. The number of benzene rings is 3. The van der Waals surface area contributed by atoms with Gasteiger partial charge in [0.05, 0.1) is 11.1 Å². The number of carbonyl (C=O) groups is 3. The molecule has 5 nitrogen and oxygen atoms in total. The molecule has 0 bridgehead atoms. The van der Waals surface area contributed by atoms with Crippen LogP contribution in [0.4, 0.5) is 17.6 Å². The number of halogens is 4. The third-order valence-electron chi connectivity index (χ3n) is 8.17. The monoisotopic (exact) mass is 553 g/mol. The van der Waals surface area contributed by atoms with Gasteiger partial charge in [-0.1, -0.05) is 56.2 Å². The molecule has 1 heterocycles. The molecule has 1 spiro atoms. The minimum atomic E-state index is -4.86. The van der Waals surface area contributed by atoms with Crippen LogP contribution >= 0.6 is 0 Å². The highest BCUT2D eigenvalue weighted by atomic mass is 19.4. The van der Waals surface area contributed by atoms with Gasteiger partial charge in [-0.3, -0.25) is 14.4 Å². The number of rotatable bonds is 6. The second-order valence-electron chi connectivity index (χ2n) is 10.4. The van der Waals surface area contributed by atoms with Crippen molar-refractivity contribution in [3.05, 3.63) is 94.3 Å². The second kappa shape index (κ2) is 10.2. The van der Waals surface area contributed by atoms with E-state index in [0.29, 0.717) is 60.4 Å². The predicted molar refractivity (Wildman–Crippen MR) is 139 cm³/mol. The molecule has 3 aromatic carbocycles. The topological polar surface area (TPSA) is 74.7 Å². The van der Waals surface area contributed by atoms with E-state index < -0.39 is 40.9 Å². The number of amides is 1. The Morgan fingerprint density at radius 1 is 1.00 bits per heavy atom. The Balaban J connectivity index is 1.62. The van der Waals surface area contributed by atoms with E-state index in [4.69, 9.17) is 0 Å². The number of hydrogen-bond acceptors (Lipinski definition) is 3. The highest BCUT2D eigenvalue weighted by molar-refractivity contribution is 6.04. The molecule has 1 atom stereocenters. The lowest BCUT2D eigenvalue weighted by Crippen LogP contribution is -2.58. The fourth-order valence-electron chi connectivity index (χ4n) is 6.33. The molecule has 0 aromatic heterocycles. The highest BCUT2D eigenvalue weighted by Gasteiger charge is 2.56. The van der Waals surface area contributed by atoms with Crippen molar-refractivity contribution in [2.45, 2.75) is 63.2 Å². The number of aliphatic carboxylic acids is 1. The number of hydrogen-bond donors (Lipinski definition) is 1. The van der Waals surface area contributed by atoms with Crippen LogP contribution in [0.5, 0.6) is 0 Å². The van der Waals surface area contributed by atoms with Crippen LogP contribution in [0.3, 0.4) is 0 Å². The minimum absolute atomic E-state index is 0.0682. The largest absolute Gasteiger partial charge is 0.481 e. The number of Topliss-reactive ketones (excluding diaryl/α,β-unsaturated/α-hetero) is 1. The Morgan fingerprint density at radius 3 is 2.33 bits per heavy atom. The summed E-state index contributed by atoms with van der Waals surface area (Å²) in [6.07, 6.45) is -2.47. The molecule has 2 aliphatic rings. The SMILES string of the molecule is CCC(=O)c1ccccc1-c1ccc2c(c1)C(C(=O)O)C1(CCCC1)N(Cc1ccc(C(F)(F)F)c(F)c1)C2=O. The zero-order valence-electron chi connectivity index (χ0n) is 21.7. The first-order chi connectivity index (χ1) is 19.0. The fraction of sp³-hybridized carbons (Fsp3) is 0.323. The first-order valence-electron chi connectivity index (χ1n) is 13.1. The van der Waals surface area contributed by atoms with E-state index in [2.05, 4.69) is 0 Å². The van der Waals surface area contributed by atoms with Crippen molar-refractivity contribution in [1.82, 2.24) is 4.90 Å². The smallest absolute Gasteiger partial charge is 0.419 e. The van der Waals surface area contributed by atoms with E-state index in [0.717, 1.165) is 12.1 Å². The van der Waals surface area contributed by atoms with Crippen molar-refractivity contribution in [1.29, 1.82) is 0 Å². The van der Waals surface area contributed by atoms with E-state index in [-0.39, 0.29) is 23.5 Å². The summed E-state index contributed by atoms with van der Waals surface area (Å²) in [4.78, 5) is 40.8. The van der Waals surface area contributed by atoms with Gasteiger partial charge in [-0.15, -0.1) is 0 Å². The Hall–Kier alpha value is -4.01. The van der Waals surface area contributed by atoms with Gasteiger partial charge in [0.1, 0.15) is 11.7 Å². The lowest BCUT2D eigenvalue weighted by atomic mass is 9.70. The maximum Gasteiger partial charge on any atom is 0.419 e. The molecule has 3 aromatic rings. The molecule has 0 radical (unpaired) electrons. The van der Waals surface area contributed by atoms with Crippen LogP contribution < -0.4 is 0 Å². The predicted octanol–water partition coefficient (Wildman–Crippen LogP) is 7.24. The number of carboxylic acids is 1. The number of carboxylic acid groups (broad SMARTS) is 1. The Bertz CT molecular complexity index is 1510. The van der Waals surface area contributed by atoms with Crippen LogP contribution in [-0.2, 0) is 17.5 Å². The van der Waals surface area contributed by atoms with Gasteiger partial charge < -0.3 is 10.0 Å². The molecule has 1 amide bonds. The summed E-state index contributed by atoms with van der Waals surface area (Å²) in [5, 5.41) is 10.5. The maximum absolute atomic E-state index is 14.4. The van der Waals surface area contributed by atoms with Gasteiger partial charge in [0.2, 0.25) is 0 Å². The third-order valence-corrected chi connectivity index (χ3v) is 8.17. The van der Waals surface area contributed by atoms with Crippen LogP contribution in [0.25, 0.3) is 11.1 Å². The summed E-state index contributed by atoms with van der Waals surface area (Å²) in [6, 6.07) is 14.4. The second-order valence-corrected chi connectivity index (χ2v) is 10.4. The van der Waals surface area contributed by atoms with Crippen LogP contribution in [0.2, 0.25) is 0 Å². The zero-order chi connectivity index (χ0) is 28.8. The fourth-order valence-corrected chi connectivity index (χ4v) is 6.33. The zero-order valence-corrected chi connectivity index (χ0v) is 21.7. The number of ketones is 1. The van der Waals surface area contributed by atoms with Crippen molar-refractivity contribution in [3.63, 3.8) is 0 Å². The molecule has 1 N–H and O–H groups in total. The summed E-state index contributed by atoms with van der Waals surface area (Å²) in [7, 11) is 0. The quantitative estimate of drug-likeness (QED) is 0.258. The third kappa shape index (κ3) is 4.57. The minimum Gasteiger partial charge on any atom is -0.481 e. The van der Waals surface area contributed by atoms with E-state index in [9.17, 15) is 37.1 Å². The van der Waals surface area contributed by atoms with E-state index in [1.54, 1.807) is 43.3 Å². The Kier molecular flexibility index (Phi) is 7.02. The van der Waals surface area contributed by atoms with Gasteiger partial charge in [0.25, 0.3) is 5.91 Å². The van der Waals surface area contributed by atoms with E-state index >= 15 is 0 Å². The number of carbonyl (C=O) groups excluding carboxylic acids is 2. The van der Waals surface area contributed by atoms with Crippen molar-refractivity contribution in [3.8, 4) is 11.1 Å². The van der Waals surface area contributed by atoms with Crippen molar-refractivity contribution in [2.24, 2.45) is 0 Å². The lowest BCUT2D eigenvalue weighted by molar-refractivity contribution is -0.143. The molecule has 1 aliphatic heterocycles.